The summed E-state index contributed by atoms with van der Waals surface area (Å²) in [7, 11) is 2.00. The minimum absolute atomic E-state index is 0.00111. The van der Waals surface area contributed by atoms with Gasteiger partial charge in [-0.3, -0.25) is 9.69 Å². The van der Waals surface area contributed by atoms with Gasteiger partial charge in [0.1, 0.15) is 0 Å². The molecule has 124 valence electrons. The van der Waals surface area contributed by atoms with Crippen molar-refractivity contribution in [1.29, 1.82) is 0 Å². The van der Waals surface area contributed by atoms with Gasteiger partial charge in [-0.25, -0.2) is 0 Å². The van der Waals surface area contributed by atoms with Crippen LogP contribution in [0.25, 0.3) is 0 Å². The lowest BCUT2D eigenvalue weighted by molar-refractivity contribution is -0.119. The predicted octanol–water partition coefficient (Wildman–Crippen LogP) is 5.74. The van der Waals surface area contributed by atoms with Crippen LogP contribution in [0.15, 0.2) is 30.3 Å². The summed E-state index contributed by atoms with van der Waals surface area (Å²) < 4.78 is 0. The minimum Gasteiger partial charge on any atom is -0.297 e. The average Bonchev–Trinajstić information content (AvgIpc) is 2.94. The number of benzene rings is 1. The van der Waals surface area contributed by atoms with Crippen LogP contribution in [-0.4, -0.2) is 24.3 Å². The third kappa shape index (κ3) is 9.41. The third-order valence-corrected chi connectivity index (χ3v) is 2.57. The summed E-state index contributed by atoms with van der Waals surface area (Å²) in [6.07, 6.45) is 0.691. The quantitative estimate of drug-likeness (QED) is 0.658. The van der Waals surface area contributed by atoms with Crippen LogP contribution >= 0.6 is 0 Å². The molecule has 1 heterocycles. The second-order valence-electron chi connectivity index (χ2n) is 3.51. The van der Waals surface area contributed by atoms with E-state index < -0.39 is 0 Å². The molecule has 0 radical (unpaired) electrons. The molecule has 1 aliphatic rings. The largest absolute Gasteiger partial charge is 0.297 e. The van der Waals surface area contributed by atoms with E-state index in [9.17, 15) is 4.79 Å². The van der Waals surface area contributed by atoms with E-state index in [1.54, 1.807) is 0 Å². The van der Waals surface area contributed by atoms with Gasteiger partial charge in [0, 0.05) is 13.0 Å². The fourth-order valence-electron chi connectivity index (χ4n) is 1.87. The summed E-state index contributed by atoms with van der Waals surface area (Å²) in [5.41, 5.74) is 1.12. The molecule has 0 saturated carbocycles. The van der Waals surface area contributed by atoms with E-state index in [2.05, 4.69) is 4.90 Å². The number of carbonyl (C=O) groups excluding carboxylic acids is 1. The Morgan fingerprint density at radius 3 is 1.62 bits per heavy atom. The maximum absolute atomic E-state index is 11.5. The molecule has 1 aromatic rings. The molecule has 0 N–H and O–H groups in total. The van der Waals surface area contributed by atoms with Crippen molar-refractivity contribution in [2.24, 2.45) is 0 Å². The van der Waals surface area contributed by atoms with Crippen LogP contribution in [-0.2, 0) is 4.79 Å². The molecule has 1 fully saturated rings. The molecule has 0 unspecified atom stereocenters. The highest BCUT2D eigenvalue weighted by Crippen LogP contribution is 2.26. The summed E-state index contributed by atoms with van der Waals surface area (Å²) in [4.78, 5) is 13.7. The fourth-order valence-corrected chi connectivity index (χ4v) is 1.87. The smallest absolute Gasteiger partial charge is 0.155 e. The van der Waals surface area contributed by atoms with E-state index in [0.717, 1.165) is 12.1 Å². The Balaban J connectivity index is -0.000000353. The number of hydrogen-bond donors (Lipinski definition) is 0. The summed E-state index contributed by atoms with van der Waals surface area (Å²) in [5.74, 6) is 0.341. The van der Waals surface area contributed by atoms with Gasteiger partial charge in [0.25, 0.3) is 0 Å². The van der Waals surface area contributed by atoms with E-state index in [4.69, 9.17) is 0 Å². The molecule has 0 spiro atoms. The number of likely N-dealkylation sites (N-methyl/N-ethyl adjacent to an activating group) is 1. The number of ketones is 1. The van der Waals surface area contributed by atoms with Crippen molar-refractivity contribution in [2.75, 3.05) is 13.6 Å². The highest BCUT2D eigenvalue weighted by atomic mass is 16.1. The molecule has 0 bridgehead atoms. The maximum Gasteiger partial charge on any atom is 0.155 e. The molecule has 1 atom stereocenters. The van der Waals surface area contributed by atoms with Crippen molar-refractivity contribution in [1.82, 2.24) is 4.90 Å². The van der Waals surface area contributed by atoms with Crippen LogP contribution in [0.3, 0.4) is 0 Å². The van der Waals surface area contributed by atoms with E-state index >= 15 is 0 Å². The minimum atomic E-state index is 0.00111. The zero-order chi connectivity index (χ0) is 17.3. The molecule has 2 rings (SSSR count). The average molecular weight is 296 g/mol. The Morgan fingerprint density at radius 2 is 1.29 bits per heavy atom. The van der Waals surface area contributed by atoms with Crippen molar-refractivity contribution < 1.29 is 4.79 Å². The fraction of sp³-hybridized carbons (Fsp3) is 0.632. The first kappa shape index (κ1) is 24.8. The SMILES string of the molecule is CC.CC.CC.CC.CN1CCC(=O)[C@@H]1c1ccccc1. The van der Waals surface area contributed by atoms with E-state index in [0.29, 0.717) is 12.2 Å². The van der Waals surface area contributed by atoms with Crippen LogP contribution in [0, 0.1) is 0 Å². The van der Waals surface area contributed by atoms with Crippen molar-refractivity contribution in [2.45, 2.75) is 67.9 Å². The van der Waals surface area contributed by atoms with Crippen molar-refractivity contribution in [3.05, 3.63) is 35.9 Å². The molecule has 1 aromatic carbocycles. The van der Waals surface area contributed by atoms with Crippen LogP contribution in [0.1, 0.15) is 73.4 Å². The number of hydrogen-bond acceptors (Lipinski definition) is 2. The first-order valence-corrected chi connectivity index (χ1v) is 8.57. The van der Waals surface area contributed by atoms with Crippen molar-refractivity contribution >= 4 is 5.78 Å². The summed E-state index contributed by atoms with van der Waals surface area (Å²) in [6, 6.07) is 9.97. The van der Waals surface area contributed by atoms with E-state index in [1.165, 1.54) is 0 Å². The molecule has 2 heteroatoms. The van der Waals surface area contributed by atoms with Gasteiger partial charge in [-0.15, -0.1) is 0 Å². The first-order valence-electron chi connectivity index (χ1n) is 8.57. The topological polar surface area (TPSA) is 20.3 Å². The zero-order valence-electron chi connectivity index (χ0n) is 15.7. The third-order valence-electron chi connectivity index (χ3n) is 2.57. The van der Waals surface area contributed by atoms with Gasteiger partial charge in [0.2, 0.25) is 0 Å². The second kappa shape index (κ2) is 18.9. The van der Waals surface area contributed by atoms with Gasteiger partial charge in [-0.05, 0) is 12.6 Å². The number of carbonyl (C=O) groups is 1. The number of rotatable bonds is 1. The molecule has 1 aliphatic heterocycles. The zero-order valence-corrected chi connectivity index (χ0v) is 15.7. The van der Waals surface area contributed by atoms with Gasteiger partial charge in [0.15, 0.2) is 5.78 Å². The lowest BCUT2D eigenvalue weighted by Gasteiger charge is -2.17. The summed E-state index contributed by atoms with van der Waals surface area (Å²) in [6.45, 7) is 16.9. The molecule has 0 aliphatic carbocycles. The lowest BCUT2D eigenvalue weighted by atomic mass is 10.0. The standard InChI is InChI=1S/C11H13NO.4C2H6/c1-12-8-7-10(13)11(12)9-5-3-2-4-6-9;4*1-2/h2-6,11H,7-8H2,1H3;4*1-2H3/t11-;;;;/m0..../s1. The Hall–Kier alpha value is -1.15. The number of Topliss-reactive ketones (excluding diaryl/α,β-unsaturated/α-hetero) is 1. The molecule has 2 nitrogen and oxygen atoms in total. The summed E-state index contributed by atoms with van der Waals surface area (Å²) in [5, 5.41) is 0. The Bertz CT molecular complexity index is 309. The molecule has 21 heavy (non-hydrogen) atoms. The Kier molecular flexibility index (Phi) is 22.3. The van der Waals surface area contributed by atoms with E-state index in [-0.39, 0.29) is 6.04 Å². The monoisotopic (exact) mass is 295 g/mol. The molecular formula is C19H37NO. The van der Waals surface area contributed by atoms with E-state index in [1.807, 2.05) is 92.8 Å². The van der Waals surface area contributed by atoms with Gasteiger partial charge < -0.3 is 0 Å². The number of likely N-dealkylation sites (tertiary alicyclic amines) is 1. The highest BCUT2D eigenvalue weighted by molar-refractivity contribution is 5.87. The van der Waals surface area contributed by atoms with Gasteiger partial charge in [0.05, 0.1) is 6.04 Å². The van der Waals surface area contributed by atoms with Crippen molar-refractivity contribution in [3.63, 3.8) is 0 Å². The second-order valence-corrected chi connectivity index (χ2v) is 3.51. The van der Waals surface area contributed by atoms with Crippen LogP contribution < -0.4 is 0 Å². The Morgan fingerprint density at radius 1 is 0.857 bits per heavy atom. The lowest BCUT2D eigenvalue weighted by Crippen LogP contribution is -2.20. The van der Waals surface area contributed by atoms with Crippen molar-refractivity contribution in [3.8, 4) is 0 Å². The maximum atomic E-state index is 11.5. The Labute approximate surface area is 133 Å². The number of nitrogens with zero attached hydrogens (tertiary/aromatic N) is 1. The predicted molar refractivity (Wildman–Crippen MR) is 96.8 cm³/mol. The molecule has 0 amide bonds. The molecule has 0 aromatic heterocycles. The normalized spacial score (nSPS) is 15.9. The van der Waals surface area contributed by atoms with Crippen LogP contribution in [0.4, 0.5) is 0 Å². The van der Waals surface area contributed by atoms with Crippen LogP contribution in [0.2, 0.25) is 0 Å². The summed E-state index contributed by atoms with van der Waals surface area (Å²) >= 11 is 0. The molecular weight excluding hydrogens is 258 g/mol. The van der Waals surface area contributed by atoms with Crippen LogP contribution in [0.5, 0.6) is 0 Å². The molecule has 1 saturated heterocycles. The van der Waals surface area contributed by atoms with Gasteiger partial charge in [-0.1, -0.05) is 85.7 Å². The van der Waals surface area contributed by atoms with Gasteiger partial charge >= 0.3 is 0 Å². The first-order chi connectivity index (χ1) is 10.3. The van der Waals surface area contributed by atoms with Gasteiger partial charge in [-0.2, -0.15) is 0 Å². The highest BCUT2D eigenvalue weighted by Gasteiger charge is 2.30.